The van der Waals surface area contributed by atoms with Crippen molar-refractivity contribution >= 4 is 28.2 Å². The minimum absolute atomic E-state index is 0.0232. The highest BCUT2D eigenvalue weighted by atomic mass is 19.2. The SMILES string of the molecule is COc1ccc2ncc(N(C)C)c([C@@H](F)CCC3(C(=O)O)CCN(CCNc4cc(F)cc(F)c4F)CC3)c2c1. The van der Waals surface area contributed by atoms with E-state index in [1.165, 1.54) is 7.11 Å². The quantitative estimate of drug-likeness (QED) is 0.226. The van der Waals surface area contributed by atoms with Gasteiger partial charge in [0.05, 0.1) is 35.6 Å². The molecule has 0 aliphatic carbocycles. The van der Waals surface area contributed by atoms with Gasteiger partial charge in [0.1, 0.15) is 17.7 Å². The molecule has 0 unspecified atom stereocenters. The summed E-state index contributed by atoms with van der Waals surface area (Å²) in [5.74, 6) is -3.68. The van der Waals surface area contributed by atoms with Crippen LogP contribution in [0.15, 0.2) is 36.5 Å². The highest BCUT2D eigenvalue weighted by molar-refractivity contribution is 5.88. The summed E-state index contributed by atoms with van der Waals surface area (Å²) in [4.78, 5) is 20.6. The number of benzene rings is 2. The molecule has 216 valence electrons. The number of pyridine rings is 1. The summed E-state index contributed by atoms with van der Waals surface area (Å²) in [6.45, 7) is 1.54. The number of rotatable bonds is 11. The number of aliphatic carboxylic acids is 1. The van der Waals surface area contributed by atoms with Gasteiger partial charge in [0.25, 0.3) is 0 Å². The molecule has 1 atom stereocenters. The predicted octanol–water partition coefficient (Wildman–Crippen LogP) is 5.80. The van der Waals surface area contributed by atoms with Crippen molar-refractivity contribution in [2.45, 2.75) is 31.9 Å². The van der Waals surface area contributed by atoms with Crippen molar-refractivity contribution in [2.75, 3.05) is 57.6 Å². The van der Waals surface area contributed by atoms with Crippen molar-refractivity contribution in [3.63, 3.8) is 0 Å². The Morgan fingerprint density at radius 2 is 1.93 bits per heavy atom. The molecule has 0 saturated carbocycles. The number of carboxylic acids is 1. The summed E-state index contributed by atoms with van der Waals surface area (Å²) in [6, 6.07) is 6.65. The lowest BCUT2D eigenvalue weighted by Gasteiger charge is -2.39. The Bertz CT molecular complexity index is 1360. The number of nitrogens with one attached hydrogen (secondary N) is 1. The number of piperidine rings is 1. The fraction of sp³-hybridized carbons (Fsp3) is 0.448. The van der Waals surface area contributed by atoms with Crippen LogP contribution in [-0.2, 0) is 4.79 Å². The zero-order valence-corrected chi connectivity index (χ0v) is 22.8. The number of fused-ring (bicyclic) bond motifs is 1. The molecule has 1 aromatic heterocycles. The van der Waals surface area contributed by atoms with Crippen molar-refractivity contribution in [1.82, 2.24) is 9.88 Å². The van der Waals surface area contributed by atoms with Crippen molar-refractivity contribution in [2.24, 2.45) is 5.41 Å². The number of ether oxygens (including phenoxy) is 1. The van der Waals surface area contributed by atoms with Gasteiger partial charge in [-0.3, -0.25) is 9.78 Å². The molecule has 1 aliphatic heterocycles. The summed E-state index contributed by atoms with van der Waals surface area (Å²) in [5.41, 5.74) is 0.361. The maximum Gasteiger partial charge on any atom is 0.309 e. The van der Waals surface area contributed by atoms with E-state index in [-0.39, 0.29) is 25.1 Å². The minimum Gasteiger partial charge on any atom is -0.497 e. The van der Waals surface area contributed by atoms with Crippen LogP contribution < -0.4 is 15.0 Å². The van der Waals surface area contributed by atoms with E-state index in [0.717, 1.165) is 6.07 Å². The van der Waals surface area contributed by atoms with E-state index in [2.05, 4.69) is 10.3 Å². The van der Waals surface area contributed by atoms with Gasteiger partial charge in [-0.15, -0.1) is 0 Å². The predicted molar refractivity (Wildman–Crippen MR) is 146 cm³/mol. The number of hydrogen-bond donors (Lipinski definition) is 2. The van der Waals surface area contributed by atoms with Crippen molar-refractivity contribution in [1.29, 1.82) is 0 Å². The topological polar surface area (TPSA) is 77.9 Å². The number of anilines is 2. The van der Waals surface area contributed by atoms with Crippen LogP contribution in [0.25, 0.3) is 10.9 Å². The molecule has 2 aromatic carbocycles. The Balaban J connectivity index is 1.41. The van der Waals surface area contributed by atoms with Gasteiger partial charge in [-0.1, -0.05) is 0 Å². The second kappa shape index (κ2) is 12.3. The standard InChI is InChI=1S/C29H34F4N4O3/c1-36(2)25-17-35-23-5-4-19(40-3)16-20(23)26(25)21(31)6-7-29(28(38)39)8-11-37(12-9-29)13-10-34-24-15-18(30)14-22(32)27(24)33/h4-5,14-17,21,34H,6-13H2,1-3H3,(H,38,39)/t21-/m0/s1. The van der Waals surface area contributed by atoms with E-state index in [1.807, 2.05) is 19.0 Å². The van der Waals surface area contributed by atoms with Crippen molar-refractivity contribution in [3.8, 4) is 5.75 Å². The first-order chi connectivity index (χ1) is 19.0. The minimum atomic E-state index is -1.42. The van der Waals surface area contributed by atoms with Crippen LogP contribution in [0.5, 0.6) is 5.75 Å². The van der Waals surface area contributed by atoms with Gasteiger partial charge in [-0.25, -0.2) is 17.6 Å². The van der Waals surface area contributed by atoms with Crippen molar-refractivity contribution < 1.29 is 32.2 Å². The molecule has 3 aromatic rings. The van der Waals surface area contributed by atoms with Crippen molar-refractivity contribution in [3.05, 3.63) is 59.5 Å². The fourth-order valence-corrected chi connectivity index (χ4v) is 5.35. The molecular formula is C29H34F4N4O3. The first kappa shape index (κ1) is 29.4. The van der Waals surface area contributed by atoms with E-state index < -0.39 is 35.0 Å². The van der Waals surface area contributed by atoms with E-state index in [4.69, 9.17) is 4.74 Å². The number of aromatic nitrogens is 1. The summed E-state index contributed by atoms with van der Waals surface area (Å²) < 4.78 is 62.1. The maximum absolute atomic E-state index is 16.0. The Labute approximate surface area is 230 Å². The molecule has 40 heavy (non-hydrogen) atoms. The van der Waals surface area contributed by atoms with Gasteiger partial charge in [0.15, 0.2) is 11.6 Å². The van der Waals surface area contributed by atoms with E-state index >= 15 is 4.39 Å². The Kier molecular flexibility index (Phi) is 9.02. The molecule has 0 bridgehead atoms. The molecule has 1 aliphatic rings. The molecule has 0 amide bonds. The molecule has 2 heterocycles. The number of nitrogens with zero attached hydrogens (tertiary/aromatic N) is 3. The third-order valence-corrected chi connectivity index (χ3v) is 7.77. The largest absolute Gasteiger partial charge is 0.497 e. The normalized spacial score (nSPS) is 16.1. The van der Waals surface area contributed by atoms with Gasteiger partial charge in [0.2, 0.25) is 0 Å². The van der Waals surface area contributed by atoms with E-state index in [1.54, 1.807) is 29.3 Å². The van der Waals surface area contributed by atoms with E-state index in [0.29, 0.717) is 66.4 Å². The molecule has 2 N–H and O–H groups in total. The van der Waals surface area contributed by atoms with Crippen LogP contribution in [0, 0.1) is 22.9 Å². The third kappa shape index (κ3) is 6.24. The fourth-order valence-electron chi connectivity index (χ4n) is 5.35. The smallest absolute Gasteiger partial charge is 0.309 e. The Hall–Kier alpha value is -3.60. The lowest BCUT2D eigenvalue weighted by molar-refractivity contribution is -0.153. The molecule has 4 rings (SSSR count). The van der Waals surface area contributed by atoms with Crippen LogP contribution in [0.3, 0.4) is 0 Å². The highest BCUT2D eigenvalue weighted by Crippen LogP contribution is 2.43. The van der Waals surface area contributed by atoms with Crippen LogP contribution in [0.4, 0.5) is 28.9 Å². The number of methoxy groups -OCH3 is 1. The first-order valence-electron chi connectivity index (χ1n) is 13.2. The Morgan fingerprint density at radius 3 is 2.58 bits per heavy atom. The third-order valence-electron chi connectivity index (χ3n) is 7.77. The molecule has 1 saturated heterocycles. The van der Waals surface area contributed by atoms with E-state index in [9.17, 15) is 23.1 Å². The molecule has 11 heteroatoms. The molecule has 0 spiro atoms. The summed E-state index contributed by atoms with van der Waals surface area (Å²) in [7, 11) is 5.15. The Morgan fingerprint density at radius 1 is 1.20 bits per heavy atom. The van der Waals surface area contributed by atoms with Crippen LogP contribution in [0.1, 0.15) is 37.4 Å². The zero-order valence-electron chi connectivity index (χ0n) is 22.8. The number of halogens is 4. The highest BCUT2D eigenvalue weighted by Gasteiger charge is 2.42. The number of alkyl halides is 1. The molecule has 0 radical (unpaired) electrons. The number of hydrogen-bond acceptors (Lipinski definition) is 6. The molecular weight excluding hydrogens is 528 g/mol. The summed E-state index contributed by atoms with van der Waals surface area (Å²) in [5, 5.41) is 13.5. The monoisotopic (exact) mass is 562 g/mol. The molecule has 7 nitrogen and oxygen atoms in total. The number of likely N-dealkylation sites (tertiary alicyclic amines) is 1. The van der Waals surface area contributed by atoms with Gasteiger partial charge in [-0.2, -0.15) is 0 Å². The lowest BCUT2D eigenvalue weighted by Crippen LogP contribution is -2.45. The first-order valence-corrected chi connectivity index (χ1v) is 13.2. The average molecular weight is 563 g/mol. The second-order valence-electron chi connectivity index (χ2n) is 10.4. The van der Waals surface area contributed by atoms with Gasteiger partial charge in [0, 0.05) is 50.3 Å². The van der Waals surface area contributed by atoms with Crippen LogP contribution >= 0.6 is 0 Å². The second-order valence-corrected chi connectivity index (χ2v) is 10.4. The lowest BCUT2D eigenvalue weighted by atomic mass is 9.74. The maximum atomic E-state index is 16.0. The zero-order chi connectivity index (χ0) is 29.0. The van der Waals surface area contributed by atoms with Gasteiger partial charge in [-0.05, 0) is 57.0 Å². The number of carboxylic acid groups (broad SMARTS) is 1. The summed E-state index contributed by atoms with van der Waals surface area (Å²) in [6.07, 6.45) is 1.03. The number of carbonyl (C=O) groups is 1. The molecule has 1 fully saturated rings. The van der Waals surface area contributed by atoms with Gasteiger partial charge >= 0.3 is 5.97 Å². The summed E-state index contributed by atoms with van der Waals surface area (Å²) >= 11 is 0. The van der Waals surface area contributed by atoms with Crippen LogP contribution in [0.2, 0.25) is 0 Å². The van der Waals surface area contributed by atoms with Crippen LogP contribution in [-0.4, -0.2) is 68.3 Å². The average Bonchev–Trinajstić information content (AvgIpc) is 2.93. The van der Waals surface area contributed by atoms with Gasteiger partial charge < -0.3 is 25.0 Å².